The number of H-pyrrole nitrogens is 2. The van der Waals surface area contributed by atoms with E-state index in [1.807, 2.05) is 150 Å². The van der Waals surface area contributed by atoms with Crippen molar-refractivity contribution in [3.05, 3.63) is 190 Å². The van der Waals surface area contributed by atoms with Crippen molar-refractivity contribution in [1.29, 1.82) is 0 Å². The summed E-state index contributed by atoms with van der Waals surface area (Å²) in [6, 6.07) is 41.0. The minimum Gasteiger partial charge on any atom is -0.495 e. The van der Waals surface area contributed by atoms with Crippen LogP contribution in [0.5, 0.6) is 23.0 Å². The van der Waals surface area contributed by atoms with Crippen LogP contribution in [0.3, 0.4) is 0 Å². The molecule has 0 aliphatic rings. The zero-order chi connectivity index (χ0) is 53.3. The average molecular weight is 1000 g/mol. The van der Waals surface area contributed by atoms with Crippen LogP contribution in [-0.2, 0) is 22.4 Å². The minimum absolute atomic E-state index is 0.0434. The lowest BCUT2D eigenvalue weighted by molar-refractivity contribution is -0.154. The molecule has 0 radical (unpaired) electrons. The van der Waals surface area contributed by atoms with Crippen LogP contribution in [0.2, 0.25) is 0 Å². The molecule has 0 aliphatic heterocycles. The second-order valence-electron chi connectivity index (χ2n) is 19.5. The highest BCUT2D eigenvalue weighted by Gasteiger charge is 2.42. The van der Waals surface area contributed by atoms with Crippen molar-refractivity contribution in [2.75, 3.05) is 27.9 Å². The first-order valence-corrected chi connectivity index (χ1v) is 24.9. The standard InChI is InChI=1S/C63H62N4O8/c1-41(2)74-57-32-28-43(26-30-45-18-10-16-24-55(45)71-8)34-51(57)59(68)66-63(6,37-48-39-65-54-23-15-13-21-50(48)54)61(70)73-40-62(5,36-47-38-64-53-22-14-12-20-49(47)53)67(7)60(69)52-35-44(29-33-58(52)75-42(3)4)27-31-46-19-11-17-25-56(46)72-9/h10-25,28-29,32-35,38-39,41-42,64-65H,36-37,40H2,1-9H3,(H,66,68). The number of rotatable bonds is 17. The Bertz CT molecular complexity index is 3510. The Balaban J connectivity index is 1.16. The summed E-state index contributed by atoms with van der Waals surface area (Å²) in [5.41, 5.74) is 3.55. The molecule has 2 aromatic heterocycles. The summed E-state index contributed by atoms with van der Waals surface area (Å²) in [5, 5.41) is 4.93. The molecule has 2 amide bonds. The predicted octanol–water partition coefficient (Wildman–Crippen LogP) is 11.1. The van der Waals surface area contributed by atoms with Crippen molar-refractivity contribution in [1.82, 2.24) is 20.2 Å². The number of carbonyl (C=O) groups is 3. The number of aromatic amines is 2. The lowest BCUT2D eigenvalue weighted by Gasteiger charge is -2.40. The molecule has 12 nitrogen and oxygen atoms in total. The molecule has 2 unspecified atom stereocenters. The number of likely N-dealkylation sites (N-methyl/N-ethyl adjacent to an activating group) is 1. The van der Waals surface area contributed by atoms with Crippen molar-refractivity contribution >= 4 is 39.6 Å². The molecule has 0 saturated heterocycles. The number of para-hydroxylation sites is 4. The normalized spacial score (nSPS) is 12.6. The Hall–Kier alpha value is -8.87. The number of hydrogen-bond acceptors (Lipinski definition) is 8. The van der Waals surface area contributed by atoms with E-state index in [1.165, 1.54) is 0 Å². The number of amides is 2. The van der Waals surface area contributed by atoms with Crippen LogP contribution in [0.25, 0.3) is 21.8 Å². The summed E-state index contributed by atoms with van der Waals surface area (Å²) in [6.45, 7) is 10.8. The molecular formula is C63H62N4O8. The molecule has 0 fully saturated rings. The van der Waals surface area contributed by atoms with Crippen molar-refractivity contribution in [3.8, 4) is 46.7 Å². The van der Waals surface area contributed by atoms with Gasteiger partial charge in [0, 0.05) is 65.2 Å². The molecule has 2 atom stereocenters. The maximum Gasteiger partial charge on any atom is 0.332 e. The highest BCUT2D eigenvalue weighted by molar-refractivity contribution is 6.01. The Morgan fingerprint density at radius 2 is 1.05 bits per heavy atom. The molecule has 6 aromatic carbocycles. The summed E-state index contributed by atoms with van der Waals surface area (Å²) < 4.78 is 30.0. The lowest BCUT2D eigenvalue weighted by Crippen LogP contribution is -2.57. The van der Waals surface area contributed by atoms with Gasteiger partial charge in [0.1, 0.15) is 35.1 Å². The van der Waals surface area contributed by atoms with Crippen LogP contribution in [-0.4, -0.2) is 83.8 Å². The topological polar surface area (TPSA) is 144 Å². The van der Waals surface area contributed by atoms with Gasteiger partial charge in [0.25, 0.3) is 11.8 Å². The number of aromatic nitrogens is 2. The molecular weight excluding hydrogens is 941 g/mol. The van der Waals surface area contributed by atoms with E-state index in [4.69, 9.17) is 23.7 Å². The van der Waals surface area contributed by atoms with Crippen LogP contribution in [0, 0.1) is 23.7 Å². The SMILES string of the molecule is COc1ccccc1C#Cc1ccc(OC(C)C)c(C(=O)NC(C)(Cc2c[nH]c3ccccc23)C(=O)OCC(C)(Cc2c[nH]c3ccccc23)N(C)C(=O)c2cc(C#Cc3ccccc3OC)ccc2OC(C)C)c1. The maximum absolute atomic E-state index is 15.3. The third-order valence-corrected chi connectivity index (χ3v) is 13.0. The summed E-state index contributed by atoms with van der Waals surface area (Å²) in [5.74, 6) is 13.0. The monoisotopic (exact) mass is 1000 g/mol. The number of methoxy groups -OCH3 is 2. The molecule has 0 saturated carbocycles. The van der Waals surface area contributed by atoms with E-state index < -0.39 is 23.0 Å². The van der Waals surface area contributed by atoms with E-state index in [-0.39, 0.29) is 48.7 Å². The fraction of sp³-hybridized carbons (Fsp3) is 0.254. The predicted molar refractivity (Wildman–Crippen MR) is 294 cm³/mol. The first-order valence-electron chi connectivity index (χ1n) is 24.9. The van der Waals surface area contributed by atoms with Crippen molar-refractivity contribution < 1.29 is 38.1 Å². The van der Waals surface area contributed by atoms with Crippen molar-refractivity contribution in [2.24, 2.45) is 0 Å². The van der Waals surface area contributed by atoms with Gasteiger partial charge in [0.15, 0.2) is 0 Å². The van der Waals surface area contributed by atoms with Gasteiger partial charge >= 0.3 is 5.97 Å². The van der Waals surface area contributed by atoms with Crippen molar-refractivity contribution in [3.63, 3.8) is 0 Å². The van der Waals surface area contributed by atoms with Gasteiger partial charge in [-0.05, 0) is 125 Å². The van der Waals surface area contributed by atoms with Gasteiger partial charge in [-0.1, -0.05) is 84.3 Å². The smallest absolute Gasteiger partial charge is 0.332 e. The Morgan fingerprint density at radius 3 is 1.57 bits per heavy atom. The average Bonchev–Trinajstić information content (AvgIpc) is 4.02. The van der Waals surface area contributed by atoms with Crippen LogP contribution >= 0.6 is 0 Å². The number of ether oxygens (including phenoxy) is 5. The number of nitrogens with zero attached hydrogens (tertiary/aromatic N) is 1. The van der Waals surface area contributed by atoms with Crippen LogP contribution in [0.4, 0.5) is 0 Å². The second-order valence-corrected chi connectivity index (χ2v) is 19.5. The maximum atomic E-state index is 15.3. The van der Waals surface area contributed by atoms with E-state index in [0.29, 0.717) is 45.3 Å². The fourth-order valence-corrected chi connectivity index (χ4v) is 8.95. The molecule has 0 spiro atoms. The van der Waals surface area contributed by atoms with Gasteiger partial charge < -0.3 is 43.9 Å². The molecule has 12 heteroatoms. The summed E-state index contributed by atoms with van der Waals surface area (Å²) in [6.07, 6.45) is 3.53. The zero-order valence-corrected chi connectivity index (χ0v) is 43.8. The molecule has 0 aliphatic carbocycles. The van der Waals surface area contributed by atoms with Crippen LogP contribution in [0.15, 0.2) is 146 Å². The van der Waals surface area contributed by atoms with E-state index in [9.17, 15) is 4.79 Å². The summed E-state index contributed by atoms with van der Waals surface area (Å²) in [4.78, 5) is 53.7. The molecule has 0 bridgehead atoms. The lowest BCUT2D eigenvalue weighted by atomic mass is 9.89. The van der Waals surface area contributed by atoms with E-state index >= 15 is 9.59 Å². The van der Waals surface area contributed by atoms with Gasteiger partial charge in [-0.3, -0.25) is 9.59 Å². The molecule has 382 valence electrons. The Labute approximate surface area is 438 Å². The molecule has 8 aromatic rings. The molecule has 2 heterocycles. The van der Waals surface area contributed by atoms with Gasteiger partial charge in [-0.25, -0.2) is 4.79 Å². The highest BCUT2D eigenvalue weighted by Crippen LogP contribution is 2.33. The van der Waals surface area contributed by atoms with E-state index in [2.05, 4.69) is 39.0 Å². The van der Waals surface area contributed by atoms with Crippen LogP contribution in [0.1, 0.15) is 95.6 Å². The van der Waals surface area contributed by atoms with Crippen LogP contribution < -0.4 is 24.3 Å². The van der Waals surface area contributed by atoms with Gasteiger partial charge in [0.2, 0.25) is 0 Å². The third kappa shape index (κ3) is 12.2. The first-order chi connectivity index (χ1) is 36.1. The number of fused-ring (bicyclic) bond motifs is 2. The molecule has 3 N–H and O–H groups in total. The van der Waals surface area contributed by atoms with E-state index in [0.717, 1.165) is 32.9 Å². The van der Waals surface area contributed by atoms with Gasteiger partial charge in [0.05, 0.1) is 54.2 Å². The molecule has 8 rings (SSSR count). The first kappa shape index (κ1) is 52.5. The van der Waals surface area contributed by atoms with Gasteiger partial charge in [-0.2, -0.15) is 0 Å². The quantitative estimate of drug-likeness (QED) is 0.0604. The Kier molecular flexibility index (Phi) is 16.0. The largest absolute Gasteiger partial charge is 0.495 e. The third-order valence-electron chi connectivity index (χ3n) is 13.0. The number of carbonyl (C=O) groups excluding carboxylic acids is 3. The van der Waals surface area contributed by atoms with Gasteiger partial charge in [-0.15, -0.1) is 0 Å². The number of hydrogen-bond donors (Lipinski definition) is 3. The summed E-state index contributed by atoms with van der Waals surface area (Å²) in [7, 11) is 4.88. The van der Waals surface area contributed by atoms with Crippen molar-refractivity contribution in [2.45, 2.75) is 77.7 Å². The number of nitrogens with one attached hydrogen (secondary N) is 3. The minimum atomic E-state index is -1.67. The highest BCUT2D eigenvalue weighted by atomic mass is 16.5. The second kappa shape index (κ2) is 22.9. The number of benzene rings is 6. The fourth-order valence-electron chi connectivity index (χ4n) is 8.95. The number of esters is 1. The zero-order valence-electron chi connectivity index (χ0n) is 43.8. The summed E-state index contributed by atoms with van der Waals surface area (Å²) >= 11 is 0. The Morgan fingerprint density at radius 1 is 0.587 bits per heavy atom. The van der Waals surface area contributed by atoms with E-state index in [1.54, 1.807) is 63.4 Å². The molecule has 75 heavy (non-hydrogen) atoms.